The minimum Gasteiger partial charge on any atom is -0.479 e. The molecular weight excluding hydrogens is 408 g/mol. The number of carbonyl (C=O) groups excluding carboxylic acids is 1. The molecule has 0 saturated heterocycles. The highest BCUT2D eigenvalue weighted by molar-refractivity contribution is 7.18. The summed E-state index contributed by atoms with van der Waals surface area (Å²) in [7, 11) is 0. The molecule has 0 spiro atoms. The van der Waals surface area contributed by atoms with Crippen LogP contribution in [0.2, 0.25) is 4.34 Å². The van der Waals surface area contributed by atoms with E-state index in [1.54, 1.807) is 12.1 Å². The normalized spacial score (nSPS) is 11.3. The van der Waals surface area contributed by atoms with Crippen molar-refractivity contribution in [2.24, 2.45) is 0 Å². The number of carbonyl (C=O) groups is 1. The zero-order chi connectivity index (χ0) is 19.6. The van der Waals surface area contributed by atoms with E-state index in [0.717, 1.165) is 11.3 Å². The van der Waals surface area contributed by atoms with Crippen LogP contribution in [0.5, 0.6) is 5.75 Å². The Kier molecular flexibility index (Phi) is 5.67. The van der Waals surface area contributed by atoms with Gasteiger partial charge in [0.25, 0.3) is 0 Å². The molecule has 0 saturated carbocycles. The highest BCUT2D eigenvalue weighted by Crippen LogP contribution is 2.27. The molecular formula is C18H9ClF4O3S. The molecule has 0 N–H and O–H groups in total. The summed E-state index contributed by atoms with van der Waals surface area (Å²) in [6.45, 7) is -0.473. The lowest BCUT2D eigenvalue weighted by molar-refractivity contribution is 0.105. The average Bonchev–Trinajstić information content (AvgIpc) is 3.27. The van der Waals surface area contributed by atoms with Gasteiger partial charge in [-0.25, -0.2) is 8.78 Å². The van der Waals surface area contributed by atoms with Crippen LogP contribution in [-0.4, -0.2) is 5.78 Å². The predicted octanol–water partition coefficient (Wildman–Crippen LogP) is 6.03. The van der Waals surface area contributed by atoms with E-state index in [1.165, 1.54) is 24.3 Å². The van der Waals surface area contributed by atoms with Gasteiger partial charge in [-0.15, -0.1) is 11.3 Å². The van der Waals surface area contributed by atoms with Gasteiger partial charge in [0.2, 0.25) is 11.6 Å². The molecule has 9 heteroatoms. The van der Waals surface area contributed by atoms with Gasteiger partial charge in [0.1, 0.15) is 18.1 Å². The van der Waals surface area contributed by atoms with E-state index in [-0.39, 0.29) is 23.4 Å². The van der Waals surface area contributed by atoms with Crippen LogP contribution in [0.4, 0.5) is 17.6 Å². The third kappa shape index (κ3) is 4.40. The molecule has 140 valence electrons. The summed E-state index contributed by atoms with van der Waals surface area (Å²) in [5, 5.41) is 0. The molecule has 3 aromatic rings. The Bertz CT molecular complexity index is 1000. The summed E-state index contributed by atoms with van der Waals surface area (Å²) in [5.74, 6) is -7.47. The third-order valence-electron chi connectivity index (χ3n) is 3.33. The second-order valence-corrected chi connectivity index (χ2v) is 6.91. The van der Waals surface area contributed by atoms with Gasteiger partial charge in [-0.2, -0.15) is 8.78 Å². The molecule has 0 bridgehead atoms. The zero-order valence-corrected chi connectivity index (χ0v) is 14.8. The molecule has 0 amide bonds. The number of benzene rings is 1. The Morgan fingerprint density at radius 1 is 1.11 bits per heavy atom. The molecule has 0 radical (unpaired) electrons. The fourth-order valence-corrected chi connectivity index (χ4v) is 3.03. The average molecular weight is 417 g/mol. The minimum absolute atomic E-state index is 0.0884. The Hall–Kier alpha value is -2.58. The molecule has 0 atom stereocenters. The van der Waals surface area contributed by atoms with Gasteiger partial charge in [0.15, 0.2) is 23.2 Å². The van der Waals surface area contributed by atoms with Crippen molar-refractivity contribution in [3.63, 3.8) is 0 Å². The van der Waals surface area contributed by atoms with Crippen molar-refractivity contribution in [3.05, 3.63) is 80.4 Å². The van der Waals surface area contributed by atoms with Crippen LogP contribution in [0, 0.1) is 23.3 Å². The van der Waals surface area contributed by atoms with E-state index >= 15 is 0 Å². The quantitative estimate of drug-likeness (QED) is 0.213. The number of rotatable bonds is 6. The number of allylic oxidation sites excluding steroid dienone is 1. The summed E-state index contributed by atoms with van der Waals surface area (Å²) >= 11 is 6.89. The van der Waals surface area contributed by atoms with Crippen LogP contribution in [0.15, 0.2) is 40.8 Å². The molecule has 27 heavy (non-hydrogen) atoms. The lowest BCUT2D eigenvalue weighted by atomic mass is 10.3. The summed E-state index contributed by atoms with van der Waals surface area (Å²) in [4.78, 5) is 12.4. The van der Waals surface area contributed by atoms with Crippen molar-refractivity contribution in [3.8, 4) is 5.75 Å². The fourth-order valence-electron chi connectivity index (χ4n) is 2.07. The SMILES string of the molecule is O=C(/C=C/c1ccc(COc2c(F)c(F)cc(F)c2F)o1)c1ccc(Cl)s1. The van der Waals surface area contributed by atoms with Crippen molar-refractivity contribution in [1.82, 2.24) is 0 Å². The van der Waals surface area contributed by atoms with E-state index in [1.807, 2.05) is 0 Å². The topological polar surface area (TPSA) is 39.4 Å². The maximum absolute atomic E-state index is 13.5. The van der Waals surface area contributed by atoms with Gasteiger partial charge >= 0.3 is 0 Å². The number of hydrogen-bond donors (Lipinski definition) is 0. The number of halogens is 5. The van der Waals surface area contributed by atoms with Gasteiger partial charge in [-0.3, -0.25) is 4.79 Å². The number of ketones is 1. The maximum Gasteiger partial charge on any atom is 0.203 e. The van der Waals surface area contributed by atoms with Crippen LogP contribution >= 0.6 is 22.9 Å². The molecule has 2 aromatic heterocycles. The molecule has 3 nitrogen and oxygen atoms in total. The van der Waals surface area contributed by atoms with Gasteiger partial charge in [0.05, 0.1) is 9.21 Å². The first-order valence-corrected chi connectivity index (χ1v) is 8.57. The van der Waals surface area contributed by atoms with E-state index in [9.17, 15) is 22.4 Å². The smallest absolute Gasteiger partial charge is 0.203 e. The largest absolute Gasteiger partial charge is 0.479 e. The van der Waals surface area contributed by atoms with Crippen molar-refractivity contribution >= 4 is 34.8 Å². The standard InChI is InChI=1S/C18H9ClF4O3S/c19-15-6-5-14(27-15)13(24)4-3-9-1-2-10(26-9)8-25-18-16(22)11(20)7-12(21)17(18)23/h1-7H,8H2/b4-3+. The number of thiophene rings is 1. The first-order valence-electron chi connectivity index (χ1n) is 7.37. The van der Waals surface area contributed by atoms with E-state index in [4.69, 9.17) is 20.8 Å². The van der Waals surface area contributed by atoms with Crippen LogP contribution in [0.1, 0.15) is 21.2 Å². The Balaban J connectivity index is 1.67. The summed E-state index contributed by atoms with van der Waals surface area (Å²) < 4.78 is 63.9. The molecule has 0 fully saturated rings. The lowest BCUT2D eigenvalue weighted by Crippen LogP contribution is -2.03. The Morgan fingerprint density at radius 2 is 1.81 bits per heavy atom. The third-order valence-corrected chi connectivity index (χ3v) is 4.57. The van der Waals surface area contributed by atoms with Crippen molar-refractivity contribution < 1.29 is 31.5 Å². The number of ether oxygens (including phenoxy) is 1. The molecule has 0 unspecified atom stereocenters. The van der Waals surface area contributed by atoms with E-state index < -0.39 is 35.6 Å². The van der Waals surface area contributed by atoms with Crippen LogP contribution in [-0.2, 0) is 6.61 Å². The number of hydrogen-bond acceptors (Lipinski definition) is 4. The Morgan fingerprint density at radius 3 is 2.44 bits per heavy atom. The van der Waals surface area contributed by atoms with Gasteiger partial charge in [-0.1, -0.05) is 11.6 Å². The molecule has 0 aliphatic rings. The molecule has 2 heterocycles. The van der Waals surface area contributed by atoms with E-state index in [2.05, 4.69) is 0 Å². The van der Waals surface area contributed by atoms with Gasteiger partial charge < -0.3 is 9.15 Å². The first-order chi connectivity index (χ1) is 12.8. The lowest BCUT2D eigenvalue weighted by Gasteiger charge is -2.08. The van der Waals surface area contributed by atoms with Gasteiger partial charge in [0, 0.05) is 6.07 Å². The van der Waals surface area contributed by atoms with Crippen LogP contribution in [0.25, 0.3) is 6.08 Å². The summed E-state index contributed by atoms with van der Waals surface area (Å²) in [5.41, 5.74) is 0. The molecule has 0 aliphatic heterocycles. The second kappa shape index (κ2) is 7.98. The van der Waals surface area contributed by atoms with Crippen molar-refractivity contribution in [2.75, 3.05) is 0 Å². The summed E-state index contributed by atoms with van der Waals surface area (Å²) in [6, 6.07) is 6.19. The molecule has 3 rings (SSSR count). The first kappa shape index (κ1) is 19.2. The fraction of sp³-hybridized carbons (Fsp3) is 0.0556. The number of furan rings is 1. The second-order valence-electron chi connectivity index (χ2n) is 5.19. The van der Waals surface area contributed by atoms with Crippen molar-refractivity contribution in [1.29, 1.82) is 0 Å². The highest BCUT2D eigenvalue weighted by Gasteiger charge is 2.21. The highest BCUT2D eigenvalue weighted by atomic mass is 35.5. The molecule has 0 aliphatic carbocycles. The monoisotopic (exact) mass is 416 g/mol. The van der Waals surface area contributed by atoms with Crippen LogP contribution in [0.3, 0.4) is 0 Å². The van der Waals surface area contributed by atoms with Crippen LogP contribution < -0.4 is 4.74 Å². The van der Waals surface area contributed by atoms with E-state index in [0.29, 0.717) is 9.21 Å². The molecule has 1 aromatic carbocycles. The maximum atomic E-state index is 13.5. The predicted molar refractivity (Wildman–Crippen MR) is 92.0 cm³/mol. The Labute approximate surface area is 159 Å². The van der Waals surface area contributed by atoms with Gasteiger partial charge in [-0.05, 0) is 36.4 Å². The van der Waals surface area contributed by atoms with Crippen molar-refractivity contribution in [2.45, 2.75) is 6.61 Å². The summed E-state index contributed by atoms with van der Waals surface area (Å²) in [6.07, 6.45) is 2.66. The minimum atomic E-state index is -1.64. The zero-order valence-electron chi connectivity index (χ0n) is 13.3.